The Morgan fingerprint density at radius 3 is 2.30 bits per heavy atom. The van der Waals surface area contributed by atoms with Crippen molar-refractivity contribution >= 4 is 39.8 Å². The standard InChI is InChI=1S/C15H32N4O2S.HI/c1-12(2)19(13(3)4)9-6-8-17-15(16-5)18-14-7-10-22(20,21)11-14;/h12-14H,6-11H2,1-5H3,(H2,16,17,18);1H. The van der Waals surface area contributed by atoms with Crippen molar-refractivity contribution in [3.05, 3.63) is 0 Å². The van der Waals surface area contributed by atoms with E-state index in [-0.39, 0.29) is 41.5 Å². The van der Waals surface area contributed by atoms with E-state index >= 15 is 0 Å². The van der Waals surface area contributed by atoms with Crippen LogP contribution in [0.15, 0.2) is 4.99 Å². The Bertz CT molecular complexity index is 458. The molecule has 1 aliphatic heterocycles. The van der Waals surface area contributed by atoms with Gasteiger partial charge in [0.25, 0.3) is 0 Å². The Balaban J connectivity index is 0.00000484. The number of hydrogen-bond donors (Lipinski definition) is 2. The van der Waals surface area contributed by atoms with Crippen molar-refractivity contribution < 1.29 is 8.42 Å². The van der Waals surface area contributed by atoms with Gasteiger partial charge in [-0.05, 0) is 40.5 Å². The predicted molar refractivity (Wildman–Crippen MR) is 109 cm³/mol. The van der Waals surface area contributed by atoms with Gasteiger partial charge in [0.1, 0.15) is 0 Å². The molecule has 0 aromatic rings. The van der Waals surface area contributed by atoms with Crippen LogP contribution in [0.4, 0.5) is 0 Å². The molecule has 6 nitrogen and oxygen atoms in total. The Morgan fingerprint density at radius 2 is 1.87 bits per heavy atom. The highest BCUT2D eigenvalue weighted by molar-refractivity contribution is 14.0. The third-order valence-electron chi connectivity index (χ3n) is 4.01. The molecule has 138 valence electrons. The molecular formula is C15H33IN4O2S. The van der Waals surface area contributed by atoms with E-state index in [1.807, 2.05) is 0 Å². The number of guanidine groups is 1. The van der Waals surface area contributed by atoms with Gasteiger partial charge in [0, 0.05) is 38.3 Å². The molecule has 0 amide bonds. The maximum atomic E-state index is 11.5. The van der Waals surface area contributed by atoms with E-state index in [0.717, 1.165) is 19.5 Å². The summed E-state index contributed by atoms with van der Waals surface area (Å²) in [6, 6.07) is 1.07. The lowest BCUT2D eigenvalue weighted by molar-refractivity contribution is 0.173. The Morgan fingerprint density at radius 1 is 1.26 bits per heavy atom. The lowest BCUT2D eigenvalue weighted by Crippen LogP contribution is -2.45. The first-order chi connectivity index (χ1) is 10.2. The molecule has 23 heavy (non-hydrogen) atoms. The highest BCUT2D eigenvalue weighted by Crippen LogP contribution is 2.11. The Kier molecular flexibility index (Phi) is 10.7. The van der Waals surface area contributed by atoms with Crippen LogP contribution >= 0.6 is 24.0 Å². The van der Waals surface area contributed by atoms with Gasteiger partial charge in [0.05, 0.1) is 11.5 Å². The predicted octanol–water partition coefficient (Wildman–Crippen LogP) is 1.47. The molecule has 1 unspecified atom stereocenters. The summed E-state index contributed by atoms with van der Waals surface area (Å²) in [5.74, 6) is 1.18. The van der Waals surface area contributed by atoms with Gasteiger partial charge in [-0.25, -0.2) is 8.42 Å². The van der Waals surface area contributed by atoms with E-state index in [2.05, 4.69) is 48.2 Å². The molecule has 0 radical (unpaired) electrons. The van der Waals surface area contributed by atoms with Crippen molar-refractivity contribution in [3.8, 4) is 0 Å². The maximum absolute atomic E-state index is 11.5. The summed E-state index contributed by atoms with van der Waals surface area (Å²) in [6.07, 6.45) is 1.69. The molecule has 0 bridgehead atoms. The molecule has 0 aliphatic carbocycles. The fraction of sp³-hybridized carbons (Fsp3) is 0.933. The third-order valence-corrected chi connectivity index (χ3v) is 5.78. The summed E-state index contributed by atoms with van der Waals surface area (Å²) in [5, 5.41) is 6.48. The largest absolute Gasteiger partial charge is 0.356 e. The molecule has 0 saturated carbocycles. The molecule has 1 fully saturated rings. The minimum Gasteiger partial charge on any atom is -0.356 e. The number of sulfone groups is 1. The molecule has 2 N–H and O–H groups in total. The van der Waals surface area contributed by atoms with E-state index in [1.165, 1.54) is 0 Å². The van der Waals surface area contributed by atoms with Gasteiger partial charge in [0.2, 0.25) is 0 Å². The van der Waals surface area contributed by atoms with E-state index in [0.29, 0.717) is 24.5 Å². The molecular weight excluding hydrogens is 427 g/mol. The van der Waals surface area contributed by atoms with Crippen LogP contribution in [0.25, 0.3) is 0 Å². The minimum absolute atomic E-state index is 0. The second-order valence-electron chi connectivity index (χ2n) is 6.52. The van der Waals surface area contributed by atoms with Crippen molar-refractivity contribution in [2.24, 2.45) is 4.99 Å². The van der Waals surface area contributed by atoms with Crippen LogP contribution in [-0.2, 0) is 9.84 Å². The zero-order chi connectivity index (χ0) is 16.8. The molecule has 1 heterocycles. The number of nitrogens with one attached hydrogen (secondary N) is 2. The molecule has 8 heteroatoms. The number of nitrogens with zero attached hydrogens (tertiary/aromatic N) is 2. The van der Waals surface area contributed by atoms with Crippen molar-refractivity contribution in [1.29, 1.82) is 0 Å². The van der Waals surface area contributed by atoms with Crippen LogP contribution in [0.2, 0.25) is 0 Å². The van der Waals surface area contributed by atoms with Gasteiger partial charge < -0.3 is 10.6 Å². The Labute approximate surface area is 158 Å². The number of hydrogen-bond acceptors (Lipinski definition) is 4. The van der Waals surface area contributed by atoms with E-state index in [9.17, 15) is 8.42 Å². The van der Waals surface area contributed by atoms with Gasteiger partial charge in [-0.2, -0.15) is 0 Å². The van der Waals surface area contributed by atoms with Crippen LogP contribution < -0.4 is 10.6 Å². The smallest absolute Gasteiger partial charge is 0.191 e. The van der Waals surface area contributed by atoms with Crippen LogP contribution in [0, 0.1) is 0 Å². The van der Waals surface area contributed by atoms with Crippen LogP contribution in [-0.4, -0.2) is 69.0 Å². The molecule has 1 rings (SSSR count). The quantitative estimate of drug-likeness (QED) is 0.261. The second-order valence-corrected chi connectivity index (χ2v) is 8.75. The van der Waals surface area contributed by atoms with Crippen molar-refractivity contribution in [3.63, 3.8) is 0 Å². The number of rotatable bonds is 7. The molecule has 0 spiro atoms. The van der Waals surface area contributed by atoms with Crippen molar-refractivity contribution in [2.45, 2.75) is 58.7 Å². The SMILES string of the molecule is CN=C(NCCCN(C(C)C)C(C)C)NC1CCS(=O)(=O)C1.I. The first-order valence-corrected chi connectivity index (χ1v) is 10.0. The number of aliphatic imine (C=N–C) groups is 1. The normalized spacial score (nSPS) is 20.9. The lowest BCUT2D eigenvalue weighted by Gasteiger charge is -2.30. The van der Waals surface area contributed by atoms with Crippen molar-refractivity contribution in [1.82, 2.24) is 15.5 Å². The monoisotopic (exact) mass is 460 g/mol. The fourth-order valence-electron chi connectivity index (χ4n) is 2.88. The summed E-state index contributed by atoms with van der Waals surface area (Å²) in [5.41, 5.74) is 0. The van der Waals surface area contributed by atoms with Gasteiger partial charge in [-0.1, -0.05) is 0 Å². The van der Waals surface area contributed by atoms with Gasteiger partial charge in [-0.15, -0.1) is 24.0 Å². The molecule has 1 atom stereocenters. The molecule has 0 aromatic heterocycles. The first kappa shape index (κ1) is 22.9. The second kappa shape index (κ2) is 10.7. The van der Waals surface area contributed by atoms with Crippen LogP contribution in [0.1, 0.15) is 40.5 Å². The Hall–Kier alpha value is -0.0900. The van der Waals surface area contributed by atoms with Crippen LogP contribution in [0.3, 0.4) is 0 Å². The van der Waals surface area contributed by atoms with Crippen LogP contribution in [0.5, 0.6) is 0 Å². The van der Waals surface area contributed by atoms with Gasteiger partial charge in [-0.3, -0.25) is 9.89 Å². The van der Waals surface area contributed by atoms with E-state index < -0.39 is 9.84 Å². The summed E-state index contributed by atoms with van der Waals surface area (Å²) in [7, 11) is -1.14. The topological polar surface area (TPSA) is 73.8 Å². The average Bonchev–Trinajstić information content (AvgIpc) is 2.75. The summed E-state index contributed by atoms with van der Waals surface area (Å²) >= 11 is 0. The highest BCUT2D eigenvalue weighted by Gasteiger charge is 2.28. The first-order valence-electron chi connectivity index (χ1n) is 8.18. The van der Waals surface area contributed by atoms with Crippen molar-refractivity contribution in [2.75, 3.05) is 31.6 Å². The highest BCUT2D eigenvalue weighted by atomic mass is 127. The van der Waals surface area contributed by atoms with E-state index in [4.69, 9.17) is 0 Å². The van der Waals surface area contributed by atoms with Gasteiger partial charge >= 0.3 is 0 Å². The van der Waals surface area contributed by atoms with Gasteiger partial charge in [0.15, 0.2) is 15.8 Å². The van der Waals surface area contributed by atoms with E-state index in [1.54, 1.807) is 7.05 Å². The number of halogens is 1. The summed E-state index contributed by atoms with van der Waals surface area (Å²) in [6.45, 7) is 10.7. The average molecular weight is 460 g/mol. The molecule has 1 aliphatic rings. The summed E-state index contributed by atoms with van der Waals surface area (Å²) < 4.78 is 22.9. The maximum Gasteiger partial charge on any atom is 0.191 e. The fourth-order valence-corrected chi connectivity index (χ4v) is 4.55. The summed E-state index contributed by atoms with van der Waals surface area (Å²) in [4.78, 5) is 6.63. The lowest BCUT2D eigenvalue weighted by atomic mass is 10.2. The minimum atomic E-state index is -2.86. The molecule has 1 saturated heterocycles. The third kappa shape index (κ3) is 8.53. The molecule has 0 aromatic carbocycles. The zero-order valence-electron chi connectivity index (χ0n) is 15.0. The zero-order valence-corrected chi connectivity index (χ0v) is 18.1.